The zero-order valence-electron chi connectivity index (χ0n) is 11.3. The average Bonchev–Trinajstić information content (AvgIpc) is 2.72. The van der Waals surface area contributed by atoms with Gasteiger partial charge < -0.3 is 15.0 Å². The van der Waals surface area contributed by atoms with E-state index in [4.69, 9.17) is 0 Å². The van der Waals surface area contributed by atoms with Crippen LogP contribution in [0.15, 0.2) is 18.5 Å². The van der Waals surface area contributed by atoms with Gasteiger partial charge in [-0.2, -0.15) is 0 Å². The first-order valence-electron chi connectivity index (χ1n) is 6.64. The van der Waals surface area contributed by atoms with Crippen molar-refractivity contribution in [2.75, 3.05) is 6.61 Å². The highest BCUT2D eigenvalue weighted by molar-refractivity contribution is 5.10. The fraction of sp³-hybridized carbons (Fsp3) is 0.714. The maximum absolute atomic E-state index is 9.27. The van der Waals surface area contributed by atoms with E-state index in [0.717, 1.165) is 25.9 Å². The van der Waals surface area contributed by atoms with E-state index < -0.39 is 0 Å². The Morgan fingerprint density at radius 2 is 2.18 bits per heavy atom. The van der Waals surface area contributed by atoms with Gasteiger partial charge in [0.25, 0.3) is 0 Å². The molecule has 3 heteroatoms. The van der Waals surface area contributed by atoms with Gasteiger partial charge in [0.05, 0.1) is 6.61 Å². The Hall–Kier alpha value is -0.800. The third-order valence-corrected chi connectivity index (χ3v) is 2.86. The van der Waals surface area contributed by atoms with Gasteiger partial charge in [0, 0.05) is 31.5 Å². The number of aliphatic hydroxyl groups excluding tert-OH is 1. The van der Waals surface area contributed by atoms with Gasteiger partial charge >= 0.3 is 0 Å². The molecule has 0 aliphatic rings. The van der Waals surface area contributed by atoms with Crippen molar-refractivity contribution < 1.29 is 5.11 Å². The van der Waals surface area contributed by atoms with E-state index in [1.807, 2.05) is 0 Å². The minimum absolute atomic E-state index is 0.213. The molecule has 2 N–H and O–H groups in total. The molecule has 0 saturated heterocycles. The van der Waals surface area contributed by atoms with E-state index in [-0.39, 0.29) is 12.6 Å². The Kier molecular flexibility index (Phi) is 6.30. The molecule has 0 bridgehead atoms. The number of hydrogen-bond acceptors (Lipinski definition) is 2. The maximum atomic E-state index is 9.27. The molecule has 0 fully saturated rings. The minimum atomic E-state index is 0.213. The molecule has 3 nitrogen and oxygen atoms in total. The Morgan fingerprint density at radius 1 is 1.41 bits per heavy atom. The summed E-state index contributed by atoms with van der Waals surface area (Å²) >= 11 is 0. The summed E-state index contributed by atoms with van der Waals surface area (Å²) in [4.78, 5) is 0. The fourth-order valence-corrected chi connectivity index (χ4v) is 2.05. The van der Waals surface area contributed by atoms with Gasteiger partial charge in [-0.25, -0.2) is 0 Å². The van der Waals surface area contributed by atoms with E-state index in [2.05, 4.69) is 49.1 Å². The molecule has 1 aromatic heterocycles. The van der Waals surface area contributed by atoms with Crippen molar-refractivity contribution in [2.45, 2.75) is 52.7 Å². The number of hydrogen-bond donors (Lipinski definition) is 2. The van der Waals surface area contributed by atoms with Crippen molar-refractivity contribution in [2.24, 2.45) is 5.92 Å². The fourth-order valence-electron chi connectivity index (χ4n) is 2.05. The van der Waals surface area contributed by atoms with Gasteiger partial charge in [-0.3, -0.25) is 0 Å². The van der Waals surface area contributed by atoms with Crippen LogP contribution in [0.3, 0.4) is 0 Å². The number of rotatable bonds is 8. The molecule has 17 heavy (non-hydrogen) atoms. The summed E-state index contributed by atoms with van der Waals surface area (Å²) in [5.74, 6) is 0.615. The van der Waals surface area contributed by atoms with Crippen molar-refractivity contribution in [3.05, 3.63) is 24.0 Å². The van der Waals surface area contributed by atoms with Crippen molar-refractivity contribution in [3.63, 3.8) is 0 Å². The second-order valence-electron chi connectivity index (χ2n) is 5.15. The SMILES string of the molecule is CCCn1ccc(CNC(CO)CC(C)C)c1. The number of aromatic nitrogens is 1. The summed E-state index contributed by atoms with van der Waals surface area (Å²) in [6.45, 7) is 8.68. The predicted molar refractivity (Wildman–Crippen MR) is 71.9 cm³/mol. The normalized spacial score (nSPS) is 13.2. The van der Waals surface area contributed by atoms with Crippen LogP contribution in [0.1, 0.15) is 39.2 Å². The first kappa shape index (κ1) is 14.3. The predicted octanol–water partition coefficient (Wildman–Crippen LogP) is 2.39. The Labute approximate surface area is 105 Å². The highest BCUT2D eigenvalue weighted by atomic mass is 16.3. The maximum Gasteiger partial charge on any atom is 0.0584 e. The van der Waals surface area contributed by atoms with Gasteiger partial charge in [-0.1, -0.05) is 20.8 Å². The summed E-state index contributed by atoms with van der Waals surface area (Å²) in [6, 6.07) is 2.36. The summed E-state index contributed by atoms with van der Waals surface area (Å²) in [5, 5.41) is 12.7. The Bertz CT molecular complexity index is 307. The smallest absolute Gasteiger partial charge is 0.0584 e. The molecule has 0 spiro atoms. The minimum Gasteiger partial charge on any atom is -0.395 e. The lowest BCUT2D eigenvalue weighted by Gasteiger charge is -2.17. The molecular weight excluding hydrogens is 212 g/mol. The number of nitrogens with one attached hydrogen (secondary N) is 1. The number of nitrogens with zero attached hydrogens (tertiary/aromatic N) is 1. The lowest BCUT2D eigenvalue weighted by atomic mass is 10.0. The van der Waals surface area contributed by atoms with Gasteiger partial charge in [-0.05, 0) is 30.4 Å². The topological polar surface area (TPSA) is 37.2 Å². The van der Waals surface area contributed by atoms with Crippen LogP contribution < -0.4 is 5.32 Å². The monoisotopic (exact) mass is 238 g/mol. The van der Waals surface area contributed by atoms with Crippen LogP contribution in [-0.2, 0) is 13.1 Å². The van der Waals surface area contributed by atoms with Crippen molar-refractivity contribution >= 4 is 0 Å². The highest BCUT2D eigenvalue weighted by Gasteiger charge is 2.09. The molecule has 1 heterocycles. The van der Waals surface area contributed by atoms with E-state index in [0.29, 0.717) is 5.92 Å². The quantitative estimate of drug-likeness (QED) is 0.729. The molecule has 0 aliphatic carbocycles. The van der Waals surface area contributed by atoms with Gasteiger partial charge in [0.15, 0.2) is 0 Å². The van der Waals surface area contributed by atoms with Gasteiger partial charge in [0.1, 0.15) is 0 Å². The Morgan fingerprint density at radius 3 is 2.76 bits per heavy atom. The molecule has 98 valence electrons. The van der Waals surface area contributed by atoms with Crippen LogP contribution >= 0.6 is 0 Å². The standard InChI is InChI=1S/C14H26N2O/c1-4-6-16-7-5-13(10-16)9-15-14(11-17)8-12(2)3/h5,7,10,12,14-15,17H,4,6,8-9,11H2,1-3H3. The third kappa shape index (κ3) is 5.37. The van der Waals surface area contributed by atoms with Crippen LogP contribution in [0.25, 0.3) is 0 Å². The van der Waals surface area contributed by atoms with Crippen LogP contribution in [0.2, 0.25) is 0 Å². The molecular formula is C14H26N2O. The summed E-state index contributed by atoms with van der Waals surface area (Å²) in [6.07, 6.45) is 6.48. The second-order valence-corrected chi connectivity index (χ2v) is 5.15. The zero-order chi connectivity index (χ0) is 12.7. The molecule has 1 atom stereocenters. The van der Waals surface area contributed by atoms with E-state index in [9.17, 15) is 5.11 Å². The molecule has 0 radical (unpaired) electrons. The highest BCUT2D eigenvalue weighted by Crippen LogP contribution is 2.07. The van der Waals surface area contributed by atoms with Gasteiger partial charge in [-0.15, -0.1) is 0 Å². The zero-order valence-corrected chi connectivity index (χ0v) is 11.3. The number of aliphatic hydroxyl groups is 1. The molecule has 0 aliphatic heterocycles. The van der Waals surface area contributed by atoms with Crippen molar-refractivity contribution in [1.29, 1.82) is 0 Å². The molecule has 1 unspecified atom stereocenters. The lowest BCUT2D eigenvalue weighted by Crippen LogP contribution is -2.33. The first-order valence-corrected chi connectivity index (χ1v) is 6.64. The molecule has 0 saturated carbocycles. The van der Waals surface area contributed by atoms with Crippen LogP contribution in [0, 0.1) is 5.92 Å². The largest absolute Gasteiger partial charge is 0.395 e. The second kappa shape index (κ2) is 7.51. The van der Waals surface area contributed by atoms with Crippen molar-refractivity contribution in [3.8, 4) is 0 Å². The number of aryl methyl sites for hydroxylation is 1. The first-order chi connectivity index (χ1) is 8.15. The Balaban J connectivity index is 2.36. The molecule has 0 aromatic carbocycles. The average molecular weight is 238 g/mol. The molecule has 1 aromatic rings. The lowest BCUT2D eigenvalue weighted by molar-refractivity contribution is 0.223. The van der Waals surface area contributed by atoms with Crippen LogP contribution in [0.4, 0.5) is 0 Å². The summed E-state index contributed by atoms with van der Waals surface area (Å²) < 4.78 is 2.22. The van der Waals surface area contributed by atoms with E-state index >= 15 is 0 Å². The van der Waals surface area contributed by atoms with Crippen LogP contribution in [-0.4, -0.2) is 22.3 Å². The van der Waals surface area contributed by atoms with E-state index in [1.54, 1.807) is 0 Å². The summed E-state index contributed by atoms with van der Waals surface area (Å²) in [5.41, 5.74) is 1.29. The van der Waals surface area contributed by atoms with E-state index in [1.165, 1.54) is 5.56 Å². The van der Waals surface area contributed by atoms with Gasteiger partial charge in [0.2, 0.25) is 0 Å². The molecule has 0 amide bonds. The summed E-state index contributed by atoms with van der Waals surface area (Å²) in [7, 11) is 0. The third-order valence-electron chi connectivity index (χ3n) is 2.86. The van der Waals surface area contributed by atoms with Crippen molar-refractivity contribution in [1.82, 2.24) is 9.88 Å². The van der Waals surface area contributed by atoms with Crippen LogP contribution in [0.5, 0.6) is 0 Å². The molecule has 1 rings (SSSR count).